The number of carbonyl (C=O) groups is 7. The predicted molar refractivity (Wildman–Crippen MR) is 199 cm³/mol. The summed E-state index contributed by atoms with van der Waals surface area (Å²) < 4.78 is 0. The topological polar surface area (TPSA) is 284 Å². The van der Waals surface area contributed by atoms with Crippen molar-refractivity contribution >= 4 is 41.4 Å². The smallest absolute Gasteiger partial charge is 0.326 e. The molecule has 0 fully saturated rings. The van der Waals surface area contributed by atoms with E-state index in [9.17, 15) is 43.8 Å². The van der Waals surface area contributed by atoms with Gasteiger partial charge >= 0.3 is 5.97 Å². The largest absolute Gasteiger partial charge is 0.508 e. The lowest BCUT2D eigenvalue weighted by Gasteiger charge is -2.25. The van der Waals surface area contributed by atoms with Crippen molar-refractivity contribution in [3.05, 3.63) is 65.7 Å². The van der Waals surface area contributed by atoms with E-state index in [1.165, 1.54) is 26.0 Å². The Morgan fingerprint density at radius 3 is 1.81 bits per heavy atom. The SMILES string of the molecule is CC(C)[C@H](NC(=O)CNC(=O)[C@H](C)NC(=O)[C@H](CCCCN)NC(=O)[C@@H](N)Cc1ccc(O)cc1)C(=O)N[C@@H](C)C(=O)N[C@@H](Cc1ccccc1)C(=O)O. The molecule has 0 saturated heterocycles. The van der Waals surface area contributed by atoms with Crippen LogP contribution >= 0.6 is 0 Å². The van der Waals surface area contributed by atoms with Gasteiger partial charge in [0.15, 0.2) is 0 Å². The Kier molecular flexibility index (Phi) is 18.6. The van der Waals surface area contributed by atoms with Crippen LogP contribution in [-0.2, 0) is 46.4 Å². The van der Waals surface area contributed by atoms with Gasteiger partial charge in [-0.25, -0.2) is 4.79 Å². The van der Waals surface area contributed by atoms with Crippen LogP contribution in [0.4, 0.5) is 0 Å². The number of rotatable bonds is 22. The number of aromatic hydroxyl groups is 1. The molecule has 296 valence electrons. The van der Waals surface area contributed by atoms with Crippen LogP contribution in [-0.4, -0.2) is 101 Å². The second-order valence-corrected chi connectivity index (χ2v) is 13.4. The van der Waals surface area contributed by atoms with Crippen LogP contribution in [0.5, 0.6) is 5.75 Å². The summed E-state index contributed by atoms with van der Waals surface area (Å²) >= 11 is 0. The fourth-order valence-corrected chi connectivity index (χ4v) is 5.19. The van der Waals surface area contributed by atoms with E-state index >= 15 is 0 Å². The molecule has 6 atom stereocenters. The number of phenolic OH excluding ortho intramolecular Hbond substituents is 1. The van der Waals surface area contributed by atoms with Gasteiger partial charge in [-0.2, -0.15) is 0 Å². The highest BCUT2D eigenvalue weighted by Crippen LogP contribution is 2.12. The lowest BCUT2D eigenvalue weighted by atomic mass is 10.0. The van der Waals surface area contributed by atoms with Crippen molar-refractivity contribution in [2.75, 3.05) is 13.1 Å². The molecule has 17 heteroatoms. The van der Waals surface area contributed by atoms with Gasteiger partial charge < -0.3 is 53.6 Å². The number of nitrogens with two attached hydrogens (primary N) is 2. The van der Waals surface area contributed by atoms with E-state index < -0.39 is 90.1 Å². The number of carbonyl (C=O) groups excluding carboxylic acids is 6. The zero-order valence-electron chi connectivity index (χ0n) is 31.1. The zero-order chi connectivity index (χ0) is 40.4. The Morgan fingerprint density at radius 2 is 1.22 bits per heavy atom. The van der Waals surface area contributed by atoms with E-state index in [0.717, 1.165) is 0 Å². The molecule has 6 amide bonds. The number of benzene rings is 2. The first-order valence-electron chi connectivity index (χ1n) is 17.8. The molecule has 12 N–H and O–H groups in total. The summed E-state index contributed by atoms with van der Waals surface area (Å²) in [4.78, 5) is 89.3. The molecule has 2 aromatic rings. The standard InChI is InChI=1S/C37H54N8O9/c1-21(2)31(36(52)42-23(4)33(49)44-29(37(53)54)19-24-10-6-5-7-11-24)45-30(47)20-40-32(48)22(3)41-35(51)28(12-8-9-17-38)43-34(50)27(39)18-25-13-15-26(46)16-14-25/h5-7,10-11,13-16,21-23,27-29,31,46H,8-9,12,17-20,38-39H2,1-4H3,(H,40,48)(H,41,51)(H,42,52)(H,43,50)(H,44,49)(H,45,47)(H,53,54)/t22-,23-,27-,28-,29-,31-/m0/s1. The second-order valence-electron chi connectivity index (χ2n) is 13.4. The average Bonchev–Trinajstić information content (AvgIpc) is 3.12. The molecular formula is C37H54N8O9. The molecule has 0 aliphatic carbocycles. The van der Waals surface area contributed by atoms with Gasteiger partial charge in [-0.3, -0.25) is 28.8 Å². The predicted octanol–water partition coefficient (Wildman–Crippen LogP) is -1.05. The Labute approximate surface area is 314 Å². The molecule has 0 bridgehead atoms. The van der Waals surface area contributed by atoms with Crippen molar-refractivity contribution in [3.8, 4) is 5.75 Å². The van der Waals surface area contributed by atoms with Gasteiger partial charge in [0.25, 0.3) is 0 Å². The first kappa shape index (κ1) is 44.6. The third-order valence-electron chi connectivity index (χ3n) is 8.40. The number of phenols is 1. The van der Waals surface area contributed by atoms with Crippen LogP contribution in [0.2, 0.25) is 0 Å². The molecule has 54 heavy (non-hydrogen) atoms. The molecule has 0 radical (unpaired) electrons. The molecule has 2 rings (SSSR count). The van der Waals surface area contributed by atoms with E-state index in [1.807, 2.05) is 0 Å². The minimum atomic E-state index is -1.24. The van der Waals surface area contributed by atoms with Crippen LogP contribution < -0.4 is 43.4 Å². The molecule has 0 unspecified atom stereocenters. The normalized spacial score (nSPS) is 14.3. The average molecular weight is 755 g/mol. The van der Waals surface area contributed by atoms with Crippen molar-refractivity contribution in [1.82, 2.24) is 31.9 Å². The molecule has 0 aromatic heterocycles. The van der Waals surface area contributed by atoms with E-state index in [4.69, 9.17) is 11.5 Å². The van der Waals surface area contributed by atoms with E-state index in [1.54, 1.807) is 56.3 Å². The van der Waals surface area contributed by atoms with Crippen molar-refractivity contribution in [2.45, 2.75) is 96.1 Å². The molecule has 17 nitrogen and oxygen atoms in total. The summed E-state index contributed by atoms with van der Waals surface area (Å²) in [5, 5.41) is 34.1. The van der Waals surface area contributed by atoms with Gasteiger partial charge in [-0.05, 0) is 75.3 Å². The maximum Gasteiger partial charge on any atom is 0.326 e. The van der Waals surface area contributed by atoms with E-state index in [0.29, 0.717) is 30.5 Å². The zero-order valence-corrected chi connectivity index (χ0v) is 31.1. The van der Waals surface area contributed by atoms with Crippen LogP contribution in [0.1, 0.15) is 58.1 Å². The lowest BCUT2D eigenvalue weighted by molar-refractivity contribution is -0.142. The summed E-state index contributed by atoms with van der Waals surface area (Å²) in [5.41, 5.74) is 13.1. The number of hydrogen-bond acceptors (Lipinski definition) is 10. The number of carboxylic acids is 1. The van der Waals surface area contributed by atoms with Gasteiger partial charge in [0.05, 0.1) is 12.6 Å². The van der Waals surface area contributed by atoms with Gasteiger partial charge in [-0.15, -0.1) is 0 Å². The maximum atomic E-state index is 13.2. The molecule has 0 aliphatic heterocycles. The molecule has 0 aliphatic rings. The van der Waals surface area contributed by atoms with Gasteiger partial charge in [0, 0.05) is 6.42 Å². The summed E-state index contributed by atoms with van der Waals surface area (Å²) in [6.07, 6.45) is 1.51. The Balaban J connectivity index is 1.91. The molecule has 2 aromatic carbocycles. The first-order valence-corrected chi connectivity index (χ1v) is 17.8. The number of nitrogens with one attached hydrogen (secondary N) is 6. The monoisotopic (exact) mass is 754 g/mol. The summed E-state index contributed by atoms with van der Waals surface area (Å²) in [6, 6.07) is 8.29. The van der Waals surface area contributed by atoms with E-state index in [-0.39, 0.29) is 25.0 Å². The van der Waals surface area contributed by atoms with Gasteiger partial charge in [0.1, 0.15) is 36.0 Å². The van der Waals surface area contributed by atoms with Crippen LogP contribution in [0.15, 0.2) is 54.6 Å². The fraction of sp³-hybridized carbons (Fsp3) is 0.486. The maximum absolute atomic E-state index is 13.2. The lowest BCUT2D eigenvalue weighted by Crippen LogP contribution is -2.57. The van der Waals surface area contributed by atoms with Crippen molar-refractivity contribution in [2.24, 2.45) is 17.4 Å². The van der Waals surface area contributed by atoms with Crippen molar-refractivity contribution < 1.29 is 43.8 Å². The van der Waals surface area contributed by atoms with Gasteiger partial charge in [-0.1, -0.05) is 56.3 Å². The Hall–Kier alpha value is -5.55. The minimum Gasteiger partial charge on any atom is -0.508 e. The quantitative estimate of drug-likeness (QED) is 0.0648. The highest BCUT2D eigenvalue weighted by molar-refractivity contribution is 5.96. The highest BCUT2D eigenvalue weighted by Gasteiger charge is 2.30. The number of unbranched alkanes of at least 4 members (excludes halogenated alkanes) is 1. The van der Waals surface area contributed by atoms with Crippen LogP contribution in [0.25, 0.3) is 0 Å². The van der Waals surface area contributed by atoms with E-state index in [2.05, 4.69) is 31.9 Å². The summed E-state index contributed by atoms with van der Waals surface area (Å²) in [5.74, 6) is -5.72. The Bertz CT molecular complexity index is 1570. The number of aliphatic carboxylic acids is 1. The number of amides is 6. The molecule has 0 spiro atoms. The van der Waals surface area contributed by atoms with Crippen molar-refractivity contribution in [3.63, 3.8) is 0 Å². The molecule has 0 saturated carbocycles. The van der Waals surface area contributed by atoms with Gasteiger partial charge in [0.2, 0.25) is 35.4 Å². The third kappa shape index (κ3) is 15.6. The van der Waals surface area contributed by atoms with Crippen LogP contribution in [0.3, 0.4) is 0 Å². The van der Waals surface area contributed by atoms with Crippen LogP contribution in [0, 0.1) is 5.92 Å². The summed E-state index contributed by atoms with van der Waals surface area (Å²) in [7, 11) is 0. The second kappa shape index (κ2) is 22.5. The Morgan fingerprint density at radius 1 is 0.648 bits per heavy atom. The summed E-state index contributed by atoms with van der Waals surface area (Å²) in [6.45, 7) is 5.92. The number of hydrogen-bond donors (Lipinski definition) is 10. The number of carboxylic acid groups (broad SMARTS) is 1. The molecular weight excluding hydrogens is 700 g/mol. The third-order valence-corrected chi connectivity index (χ3v) is 8.40. The highest BCUT2D eigenvalue weighted by atomic mass is 16.4. The molecule has 0 heterocycles. The minimum absolute atomic E-state index is 0.0327. The van der Waals surface area contributed by atoms with Crippen molar-refractivity contribution in [1.29, 1.82) is 0 Å². The fourth-order valence-electron chi connectivity index (χ4n) is 5.19. The first-order chi connectivity index (χ1) is 25.5.